The summed E-state index contributed by atoms with van der Waals surface area (Å²) in [5.74, 6) is -1.17. The van der Waals surface area contributed by atoms with Crippen molar-refractivity contribution in [3.8, 4) is 0 Å². The number of carbonyl (C=O) groups excluding carboxylic acids is 2. The molecule has 4 nitrogen and oxygen atoms in total. The summed E-state index contributed by atoms with van der Waals surface area (Å²) in [5, 5.41) is 0. The van der Waals surface area contributed by atoms with E-state index in [1.54, 1.807) is 13.8 Å². The third-order valence-electron chi connectivity index (χ3n) is 1.75. The van der Waals surface area contributed by atoms with Crippen LogP contribution in [-0.2, 0) is 14.3 Å². The maximum Gasteiger partial charge on any atom is 0.331 e. The van der Waals surface area contributed by atoms with Crippen molar-refractivity contribution in [1.82, 2.24) is 0 Å². The van der Waals surface area contributed by atoms with Crippen molar-refractivity contribution in [2.75, 3.05) is 0 Å². The quantitative estimate of drug-likeness (QED) is 0.364. The molecule has 0 aliphatic carbocycles. The van der Waals surface area contributed by atoms with Crippen LogP contribution >= 0.6 is 0 Å². The Morgan fingerprint density at radius 2 is 2.00 bits per heavy atom. The SMILES string of the molecule is CC1(C)C(=O)OC(=O)[C@H]1N. The molecule has 1 atom stereocenters. The molecule has 56 valence electrons. The standard InChI is InChI=1S/C6H9NO3/c1-6(2)3(7)4(8)10-5(6)9/h3H,7H2,1-2H3/t3-/m1/s1. The third kappa shape index (κ3) is 0.724. The van der Waals surface area contributed by atoms with Crippen molar-refractivity contribution in [3.63, 3.8) is 0 Å². The van der Waals surface area contributed by atoms with E-state index in [2.05, 4.69) is 4.74 Å². The molecular formula is C6H9NO3. The van der Waals surface area contributed by atoms with Crippen LogP contribution in [0.3, 0.4) is 0 Å². The topological polar surface area (TPSA) is 69.4 Å². The molecule has 1 saturated heterocycles. The van der Waals surface area contributed by atoms with Crippen molar-refractivity contribution in [2.45, 2.75) is 19.9 Å². The summed E-state index contributed by atoms with van der Waals surface area (Å²) in [4.78, 5) is 21.4. The molecule has 1 aliphatic rings. The van der Waals surface area contributed by atoms with E-state index in [1.165, 1.54) is 0 Å². The first-order chi connectivity index (χ1) is 4.46. The second-order valence-corrected chi connectivity index (χ2v) is 2.91. The Bertz CT molecular complexity index is 197. The molecule has 1 heterocycles. The third-order valence-corrected chi connectivity index (χ3v) is 1.75. The van der Waals surface area contributed by atoms with E-state index in [0.717, 1.165) is 0 Å². The lowest BCUT2D eigenvalue weighted by molar-refractivity contribution is -0.154. The highest BCUT2D eigenvalue weighted by atomic mass is 16.6. The molecule has 0 unspecified atom stereocenters. The van der Waals surface area contributed by atoms with Crippen LogP contribution in [0.5, 0.6) is 0 Å². The van der Waals surface area contributed by atoms with E-state index in [0.29, 0.717) is 0 Å². The van der Waals surface area contributed by atoms with Gasteiger partial charge < -0.3 is 10.5 Å². The Morgan fingerprint density at radius 1 is 1.50 bits per heavy atom. The molecule has 1 aliphatic heterocycles. The normalized spacial score (nSPS) is 30.5. The Hall–Kier alpha value is -0.900. The predicted molar refractivity (Wildman–Crippen MR) is 32.9 cm³/mol. The van der Waals surface area contributed by atoms with Crippen LogP contribution < -0.4 is 5.73 Å². The lowest BCUT2D eigenvalue weighted by Crippen LogP contribution is -2.39. The zero-order valence-corrected chi connectivity index (χ0v) is 5.88. The van der Waals surface area contributed by atoms with E-state index in [1.807, 2.05) is 0 Å². The van der Waals surface area contributed by atoms with Crippen LogP contribution in [0.15, 0.2) is 0 Å². The van der Waals surface area contributed by atoms with Crippen molar-refractivity contribution in [1.29, 1.82) is 0 Å². The number of ether oxygens (including phenoxy) is 1. The highest BCUT2D eigenvalue weighted by Gasteiger charge is 2.48. The molecule has 0 radical (unpaired) electrons. The number of cyclic esters (lactones) is 2. The highest BCUT2D eigenvalue weighted by molar-refractivity contribution is 6.00. The van der Waals surface area contributed by atoms with Gasteiger partial charge in [0.05, 0.1) is 5.41 Å². The fraction of sp³-hybridized carbons (Fsp3) is 0.667. The molecule has 0 aromatic heterocycles. The van der Waals surface area contributed by atoms with Gasteiger partial charge in [-0.05, 0) is 13.8 Å². The van der Waals surface area contributed by atoms with Gasteiger partial charge in [0.25, 0.3) is 0 Å². The van der Waals surface area contributed by atoms with Gasteiger partial charge in [0.15, 0.2) is 0 Å². The van der Waals surface area contributed by atoms with Gasteiger partial charge in [-0.25, -0.2) is 4.79 Å². The molecule has 0 aromatic rings. The molecule has 4 heteroatoms. The van der Waals surface area contributed by atoms with Gasteiger partial charge in [0, 0.05) is 0 Å². The van der Waals surface area contributed by atoms with Gasteiger partial charge in [-0.1, -0.05) is 0 Å². The summed E-state index contributed by atoms with van der Waals surface area (Å²) in [6.45, 7) is 3.18. The fourth-order valence-electron chi connectivity index (χ4n) is 0.708. The summed E-state index contributed by atoms with van der Waals surface area (Å²) < 4.78 is 4.29. The van der Waals surface area contributed by atoms with Crippen molar-refractivity contribution < 1.29 is 14.3 Å². The van der Waals surface area contributed by atoms with Crippen molar-refractivity contribution >= 4 is 11.9 Å². The van der Waals surface area contributed by atoms with Gasteiger partial charge in [-0.3, -0.25) is 4.79 Å². The second kappa shape index (κ2) is 1.79. The van der Waals surface area contributed by atoms with Gasteiger partial charge >= 0.3 is 11.9 Å². The predicted octanol–water partition coefficient (Wildman–Crippen LogP) is -0.577. The summed E-state index contributed by atoms with van der Waals surface area (Å²) >= 11 is 0. The zero-order chi connectivity index (χ0) is 7.94. The zero-order valence-electron chi connectivity index (χ0n) is 5.88. The Kier molecular flexibility index (Phi) is 1.29. The van der Waals surface area contributed by atoms with Crippen LogP contribution in [0.2, 0.25) is 0 Å². The van der Waals surface area contributed by atoms with Crippen LogP contribution in [0.1, 0.15) is 13.8 Å². The van der Waals surface area contributed by atoms with Gasteiger partial charge in [-0.15, -0.1) is 0 Å². The van der Waals surface area contributed by atoms with Gasteiger partial charge in [-0.2, -0.15) is 0 Å². The summed E-state index contributed by atoms with van der Waals surface area (Å²) in [6, 6.07) is -0.806. The Morgan fingerprint density at radius 3 is 2.10 bits per heavy atom. The van der Waals surface area contributed by atoms with Crippen LogP contribution in [-0.4, -0.2) is 18.0 Å². The van der Waals surface area contributed by atoms with E-state index in [9.17, 15) is 9.59 Å². The molecule has 1 rings (SSSR count). The first-order valence-electron chi connectivity index (χ1n) is 2.98. The van der Waals surface area contributed by atoms with E-state index in [4.69, 9.17) is 5.73 Å². The number of carbonyl (C=O) groups is 2. The lowest BCUT2D eigenvalue weighted by Gasteiger charge is -2.14. The molecule has 0 spiro atoms. The minimum absolute atomic E-state index is 0.537. The Labute approximate surface area is 58.3 Å². The minimum Gasteiger partial charge on any atom is -0.391 e. The maximum absolute atomic E-state index is 10.8. The van der Waals surface area contributed by atoms with Gasteiger partial charge in [0.1, 0.15) is 6.04 Å². The molecule has 2 N–H and O–H groups in total. The molecule has 0 amide bonds. The average molecular weight is 143 g/mol. The maximum atomic E-state index is 10.8. The number of nitrogens with two attached hydrogens (primary N) is 1. The lowest BCUT2D eigenvalue weighted by atomic mass is 9.88. The molecule has 0 saturated carbocycles. The van der Waals surface area contributed by atoms with Crippen molar-refractivity contribution in [2.24, 2.45) is 11.1 Å². The summed E-state index contributed by atoms with van der Waals surface area (Å²) in [6.07, 6.45) is 0. The highest BCUT2D eigenvalue weighted by Crippen LogP contribution is 2.27. The first-order valence-corrected chi connectivity index (χ1v) is 2.98. The average Bonchev–Trinajstić information content (AvgIpc) is 1.97. The largest absolute Gasteiger partial charge is 0.391 e. The summed E-state index contributed by atoms with van der Waals surface area (Å²) in [5.41, 5.74) is 4.50. The van der Waals surface area contributed by atoms with E-state index < -0.39 is 23.4 Å². The molecule has 0 bridgehead atoms. The number of hydrogen-bond acceptors (Lipinski definition) is 4. The molecule has 1 fully saturated rings. The number of rotatable bonds is 0. The minimum atomic E-state index is -0.850. The molecule has 10 heavy (non-hydrogen) atoms. The van der Waals surface area contributed by atoms with Crippen LogP contribution in [0, 0.1) is 5.41 Å². The van der Waals surface area contributed by atoms with E-state index in [-0.39, 0.29) is 0 Å². The van der Waals surface area contributed by atoms with E-state index >= 15 is 0 Å². The van der Waals surface area contributed by atoms with Crippen molar-refractivity contribution in [3.05, 3.63) is 0 Å². The molecule has 0 aromatic carbocycles. The second-order valence-electron chi connectivity index (χ2n) is 2.91. The number of hydrogen-bond donors (Lipinski definition) is 1. The monoisotopic (exact) mass is 143 g/mol. The number of esters is 2. The first kappa shape index (κ1) is 7.21. The smallest absolute Gasteiger partial charge is 0.331 e. The molecular weight excluding hydrogens is 134 g/mol. The fourth-order valence-corrected chi connectivity index (χ4v) is 0.708. The van der Waals surface area contributed by atoms with Crippen LogP contribution in [0.4, 0.5) is 0 Å². The Balaban J connectivity index is 2.96. The summed E-state index contributed by atoms with van der Waals surface area (Å²) in [7, 11) is 0. The van der Waals surface area contributed by atoms with Gasteiger partial charge in [0.2, 0.25) is 0 Å². The van der Waals surface area contributed by atoms with Crippen LogP contribution in [0.25, 0.3) is 0 Å².